The van der Waals surface area contributed by atoms with Crippen LogP contribution in [-0.2, 0) is 11.3 Å². The first-order valence-electron chi connectivity index (χ1n) is 8.18. The van der Waals surface area contributed by atoms with E-state index in [0.717, 1.165) is 4.47 Å². The predicted molar refractivity (Wildman–Crippen MR) is 116 cm³/mol. The molecule has 2 N–H and O–H groups in total. The number of hydrogen-bond donors (Lipinski definition) is 2. The molecular weight excluding hydrogens is 487 g/mol. The van der Waals surface area contributed by atoms with Gasteiger partial charge in [0.15, 0.2) is 11.0 Å². The highest BCUT2D eigenvalue weighted by Crippen LogP contribution is 2.32. The Bertz CT molecular complexity index is 1010. The van der Waals surface area contributed by atoms with Gasteiger partial charge in [-0.1, -0.05) is 50.9 Å². The summed E-state index contributed by atoms with van der Waals surface area (Å²) in [5, 5.41) is 22.7. The van der Waals surface area contributed by atoms with E-state index in [-0.39, 0.29) is 17.4 Å². The first kappa shape index (κ1) is 21.0. The molecule has 0 fully saturated rings. The minimum atomic E-state index is -0.221. The van der Waals surface area contributed by atoms with Gasteiger partial charge < -0.3 is 15.0 Å². The number of carbonyl (C=O) groups is 1. The van der Waals surface area contributed by atoms with Crippen LogP contribution in [0.3, 0.4) is 0 Å². The largest absolute Gasteiger partial charge is 0.507 e. The van der Waals surface area contributed by atoms with Crippen molar-refractivity contribution < 1.29 is 9.90 Å². The van der Waals surface area contributed by atoms with E-state index in [2.05, 4.69) is 31.4 Å². The van der Waals surface area contributed by atoms with Crippen molar-refractivity contribution in [3.63, 3.8) is 0 Å². The van der Waals surface area contributed by atoms with Gasteiger partial charge in [-0.2, -0.15) is 0 Å². The molecule has 0 spiro atoms. The third kappa shape index (κ3) is 5.00. The van der Waals surface area contributed by atoms with Gasteiger partial charge in [0.05, 0.1) is 11.3 Å². The van der Waals surface area contributed by atoms with Gasteiger partial charge >= 0.3 is 0 Å². The van der Waals surface area contributed by atoms with Crippen LogP contribution in [0.1, 0.15) is 6.92 Å². The van der Waals surface area contributed by atoms with Crippen molar-refractivity contribution in [2.45, 2.75) is 18.6 Å². The average molecular weight is 502 g/mol. The molecule has 146 valence electrons. The van der Waals surface area contributed by atoms with E-state index in [1.54, 1.807) is 36.4 Å². The maximum absolute atomic E-state index is 12.3. The van der Waals surface area contributed by atoms with Crippen LogP contribution in [0, 0.1) is 0 Å². The zero-order valence-electron chi connectivity index (χ0n) is 14.6. The van der Waals surface area contributed by atoms with E-state index >= 15 is 0 Å². The molecule has 1 amide bonds. The zero-order valence-corrected chi connectivity index (χ0v) is 18.5. The van der Waals surface area contributed by atoms with Crippen molar-refractivity contribution in [2.24, 2.45) is 0 Å². The number of nitrogens with zero attached hydrogens (tertiary/aromatic N) is 3. The zero-order chi connectivity index (χ0) is 20.3. The number of aromatic nitrogens is 3. The number of halogens is 3. The molecule has 0 aliphatic carbocycles. The number of amides is 1. The number of phenols is 1. The topological polar surface area (TPSA) is 80.0 Å². The molecule has 3 aromatic rings. The second-order valence-corrected chi connectivity index (χ2v) is 8.44. The summed E-state index contributed by atoms with van der Waals surface area (Å²) in [6.45, 7) is 2.53. The van der Waals surface area contributed by atoms with E-state index in [1.165, 1.54) is 11.8 Å². The Morgan fingerprint density at radius 3 is 2.61 bits per heavy atom. The monoisotopic (exact) mass is 500 g/mol. The number of hydrogen-bond acceptors (Lipinski definition) is 5. The number of phenolic OH excluding ortho intramolecular Hbond substituents is 1. The molecule has 6 nitrogen and oxygen atoms in total. The van der Waals surface area contributed by atoms with Crippen molar-refractivity contribution in [1.29, 1.82) is 0 Å². The van der Waals surface area contributed by atoms with E-state index in [4.69, 9.17) is 23.2 Å². The van der Waals surface area contributed by atoms with Crippen molar-refractivity contribution in [2.75, 3.05) is 11.1 Å². The standard InChI is InChI=1S/C18H15BrCl2N4O2S/c1-2-25-17(14-5-10(19)3-4-15(14)26)23-24-18(25)28-9-16(27)22-13-7-11(20)6-12(21)8-13/h3-8,26H,2,9H2,1H3,(H,22,27). The fourth-order valence-corrected chi connectivity index (χ4v) is 4.21. The summed E-state index contributed by atoms with van der Waals surface area (Å²) >= 11 is 16.5. The molecule has 2 aromatic carbocycles. The van der Waals surface area contributed by atoms with Crippen LogP contribution < -0.4 is 5.32 Å². The Morgan fingerprint density at radius 1 is 1.21 bits per heavy atom. The van der Waals surface area contributed by atoms with Crippen LogP contribution in [0.15, 0.2) is 46.0 Å². The molecule has 0 aliphatic rings. The second kappa shape index (κ2) is 9.17. The Hall–Kier alpha value is -1.74. The SMILES string of the molecule is CCn1c(SCC(=O)Nc2cc(Cl)cc(Cl)c2)nnc1-c1cc(Br)ccc1O. The number of anilines is 1. The highest BCUT2D eigenvalue weighted by molar-refractivity contribution is 9.10. The molecule has 0 bridgehead atoms. The minimum Gasteiger partial charge on any atom is -0.507 e. The summed E-state index contributed by atoms with van der Waals surface area (Å²) in [4.78, 5) is 12.3. The van der Waals surface area contributed by atoms with Gasteiger partial charge in [0.25, 0.3) is 0 Å². The van der Waals surface area contributed by atoms with Gasteiger partial charge in [-0.3, -0.25) is 4.79 Å². The van der Waals surface area contributed by atoms with Crippen LogP contribution in [0.4, 0.5) is 5.69 Å². The summed E-state index contributed by atoms with van der Waals surface area (Å²) in [5.41, 5.74) is 1.09. The first-order valence-corrected chi connectivity index (χ1v) is 10.7. The van der Waals surface area contributed by atoms with Crippen molar-refractivity contribution in [3.8, 4) is 17.1 Å². The van der Waals surface area contributed by atoms with Crippen LogP contribution in [0.25, 0.3) is 11.4 Å². The molecule has 28 heavy (non-hydrogen) atoms. The van der Waals surface area contributed by atoms with Gasteiger partial charge in [0, 0.05) is 26.8 Å². The highest BCUT2D eigenvalue weighted by Gasteiger charge is 2.17. The Kier molecular flexibility index (Phi) is 6.87. The van der Waals surface area contributed by atoms with E-state index < -0.39 is 0 Å². The highest BCUT2D eigenvalue weighted by atomic mass is 79.9. The van der Waals surface area contributed by atoms with Crippen LogP contribution in [0.5, 0.6) is 5.75 Å². The molecular formula is C18H15BrCl2N4O2S. The van der Waals surface area contributed by atoms with Crippen molar-refractivity contribution >= 4 is 62.5 Å². The quantitative estimate of drug-likeness (QED) is 0.437. The number of aromatic hydroxyl groups is 1. The fourth-order valence-electron chi connectivity index (χ4n) is 2.52. The third-order valence-electron chi connectivity index (χ3n) is 3.71. The van der Waals surface area contributed by atoms with Crippen molar-refractivity contribution in [3.05, 3.63) is 50.9 Å². The lowest BCUT2D eigenvalue weighted by atomic mass is 10.2. The van der Waals surface area contributed by atoms with Crippen LogP contribution in [0.2, 0.25) is 10.0 Å². The summed E-state index contributed by atoms with van der Waals surface area (Å²) in [5.74, 6) is 0.552. The van der Waals surface area contributed by atoms with Gasteiger partial charge in [0.1, 0.15) is 5.75 Å². The molecule has 0 saturated heterocycles. The number of thioether (sulfide) groups is 1. The Labute approximate surface area is 184 Å². The van der Waals surface area contributed by atoms with E-state index in [1.807, 2.05) is 11.5 Å². The molecule has 3 rings (SSSR count). The van der Waals surface area contributed by atoms with E-state index in [0.29, 0.717) is 38.8 Å². The summed E-state index contributed by atoms with van der Waals surface area (Å²) in [7, 11) is 0. The lowest BCUT2D eigenvalue weighted by Gasteiger charge is -2.09. The second-order valence-electron chi connectivity index (χ2n) is 5.71. The molecule has 1 aromatic heterocycles. The molecule has 0 atom stereocenters. The van der Waals surface area contributed by atoms with Crippen LogP contribution >= 0.6 is 50.9 Å². The lowest BCUT2D eigenvalue weighted by molar-refractivity contribution is -0.113. The van der Waals surface area contributed by atoms with Gasteiger partial charge in [-0.15, -0.1) is 10.2 Å². The van der Waals surface area contributed by atoms with Crippen molar-refractivity contribution in [1.82, 2.24) is 14.8 Å². The van der Waals surface area contributed by atoms with E-state index in [9.17, 15) is 9.90 Å². The number of carbonyl (C=O) groups excluding carboxylic acids is 1. The fraction of sp³-hybridized carbons (Fsp3) is 0.167. The number of rotatable bonds is 6. The molecule has 0 radical (unpaired) electrons. The summed E-state index contributed by atoms with van der Waals surface area (Å²) in [6.07, 6.45) is 0. The summed E-state index contributed by atoms with van der Waals surface area (Å²) < 4.78 is 2.66. The molecule has 1 heterocycles. The lowest BCUT2D eigenvalue weighted by Crippen LogP contribution is -2.14. The Morgan fingerprint density at radius 2 is 1.93 bits per heavy atom. The normalized spacial score (nSPS) is 10.9. The molecule has 0 unspecified atom stereocenters. The van der Waals surface area contributed by atoms with Gasteiger partial charge in [-0.25, -0.2) is 0 Å². The molecule has 0 aliphatic heterocycles. The number of nitrogens with one attached hydrogen (secondary N) is 1. The van der Waals surface area contributed by atoms with Gasteiger partial charge in [-0.05, 0) is 43.3 Å². The van der Waals surface area contributed by atoms with Crippen LogP contribution in [-0.4, -0.2) is 31.5 Å². The molecule has 0 saturated carbocycles. The number of benzene rings is 2. The maximum Gasteiger partial charge on any atom is 0.234 e. The smallest absolute Gasteiger partial charge is 0.234 e. The first-order chi connectivity index (χ1) is 13.4. The maximum atomic E-state index is 12.3. The average Bonchev–Trinajstić information content (AvgIpc) is 3.03. The molecule has 10 heteroatoms. The summed E-state index contributed by atoms with van der Waals surface area (Å²) in [6, 6.07) is 9.95. The predicted octanol–water partition coefficient (Wildman–Crippen LogP) is 5.47. The third-order valence-corrected chi connectivity index (χ3v) is 5.61. The minimum absolute atomic E-state index is 0.109. The Balaban J connectivity index is 1.73. The van der Waals surface area contributed by atoms with Gasteiger partial charge in [0.2, 0.25) is 5.91 Å².